The first-order valence-corrected chi connectivity index (χ1v) is 11.1. The van der Waals surface area contributed by atoms with Crippen LogP contribution in [0.1, 0.15) is 12.8 Å². The highest BCUT2D eigenvalue weighted by atomic mass is 19.1. The van der Waals surface area contributed by atoms with Gasteiger partial charge in [0.1, 0.15) is 11.9 Å². The lowest BCUT2D eigenvalue weighted by molar-refractivity contribution is -0.132. The maximum absolute atomic E-state index is 14.8. The molecule has 4 unspecified atom stereocenters. The van der Waals surface area contributed by atoms with E-state index in [1.54, 1.807) is 5.01 Å². The number of hydrogen-bond donors (Lipinski definition) is 4. The van der Waals surface area contributed by atoms with Gasteiger partial charge in [0, 0.05) is 45.2 Å². The average Bonchev–Trinajstić information content (AvgIpc) is 3.56. The summed E-state index contributed by atoms with van der Waals surface area (Å²) in [5.74, 6) is -1.32. The molecule has 32 heavy (non-hydrogen) atoms. The Morgan fingerprint density at radius 2 is 1.94 bits per heavy atom. The maximum Gasteiger partial charge on any atom is 0.233 e. The normalized spacial score (nSPS) is 30.8. The summed E-state index contributed by atoms with van der Waals surface area (Å²) < 4.78 is 28.5. The quantitative estimate of drug-likeness (QED) is 0.471. The Bertz CT molecular complexity index is 892. The van der Waals surface area contributed by atoms with Gasteiger partial charge >= 0.3 is 0 Å². The summed E-state index contributed by atoms with van der Waals surface area (Å²) in [5.41, 5.74) is 9.55. The van der Waals surface area contributed by atoms with Gasteiger partial charge in [-0.1, -0.05) is 0 Å². The van der Waals surface area contributed by atoms with Crippen LogP contribution in [0.25, 0.3) is 0 Å². The number of nitrogens with two attached hydrogens (primary N) is 1. The number of nitrogens with one attached hydrogen (secondary N) is 3. The Labute approximate surface area is 184 Å². The third kappa shape index (κ3) is 4.03. The van der Waals surface area contributed by atoms with Crippen molar-refractivity contribution in [3.05, 3.63) is 18.2 Å². The van der Waals surface area contributed by atoms with Crippen LogP contribution in [0.4, 0.5) is 20.2 Å². The fourth-order valence-corrected chi connectivity index (χ4v) is 4.77. The maximum atomic E-state index is 14.8. The molecule has 10 nitrogen and oxygen atoms in total. The predicted octanol–water partition coefficient (Wildman–Crippen LogP) is -0.794. The highest BCUT2D eigenvalue weighted by molar-refractivity contribution is 5.96. The van der Waals surface area contributed by atoms with E-state index in [0.29, 0.717) is 26.2 Å². The number of carbonyl (C=O) groups excluding carboxylic acids is 2. The van der Waals surface area contributed by atoms with E-state index >= 15 is 0 Å². The summed E-state index contributed by atoms with van der Waals surface area (Å²) in [4.78, 5) is 33.0. The minimum absolute atomic E-state index is 0.131. The average molecular weight is 450 g/mol. The van der Waals surface area contributed by atoms with Crippen molar-refractivity contribution in [1.82, 2.24) is 25.6 Å². The zero-order valence-electron chi connectivity index (χ0n) is 17.6. The van der Waals surface area contributed by atoms with E-state index in [1.807, 2.05) is 9.80 Å². The number of carbonyl (C=O) groups is 2. The number of pyridine rings is 1. The van der Waals surface area contributed by atoms with Gasteiger partial charge in [-0.2, -0.15) is 0 Å². The van der Waals surface area contributed by atoms with Crippen LogP contribution in [-0.4, -0.2) is 84.5 Å². The van der Waals surface area contributed by atoms with E-state index in [4.69, 9.17) is 5.73 Å². The Hall–Kier alpha value is -2.41. The van der Waals surface area contributed by atoms with Crippen LogP contribution in [0.2, 0.25) is 0 Å². The fraction of sp³-hybridized carbons (Fsp3) is 0.650. The van der Waals surface area contributed by atoms with Crippen LogP contribution in [0.3, 0.4) is 0 Å². The van der Waals surface area contributed by atoms with E-state index in [2.05, 4.69) is 21.0 Å². The van der Waals surface area contributed by atoms with Crippen molar-refractivity contribution < 1.29 is 18.4 Å². The summed E-state index contributed by atoms with van der Waals surface area (Å²) in [5, 5.41) is 7.39. The van der Waals surface area contributed by atoms with Gasteiger partial charge in [0.15, 0.2) is 5.82 Å². The molecule has 4 atom stereocenters. The van der Waals surface area contributed by atoms with Gasteiger partial charge in [-0.05, 0) is 12.8 Å². The van der Waals surface area contributed by atoms with Crippen LogP contribution in [-0.2, 0) is 9.59 Å². The molecule has 12 heteroatoms. The smallest absolute Gasteiger partial charge is 0.233 e. The molecule has 5 N–H and O–H groups in total. The van der Waals surface area contributed by atoms with Gasteiger partial charge in [-0.3, -0.25) is 19.9 Å². The molecule has 0 bridgehead atoms. The second kappa shape index (κ2) is 8.50. The van der Waals surface area contributed by atoms with Gasteiger partial charge in [0.2, 0.25) is 11.8 Å². The second-order valence-corrected chi connectivity index (χ2v) is 8.88. The molecule has 3 aliphatic heterocycles. The Balaban J connectivity index is 1.29. The summed E-state index contributed by atoms with van der Waals surface area (Å²) in [6.07, 6.45) is 2.20. The molecule has 5 rings (SSSR count). The van der Waals surface area contributed by atoms with E-state index < -0.39 is 36.1 Å². The highest BCUT2D eigenvalue weighted by Crippen LogP contribution is 2.33. The van der Waals surface area contributed by atoms with Crippen molar-refractivity contribution in [3.63, 3.8) is 0 Å². The lowest BCUT2D eigenvalue weighted by Crippen LogP contribution is -2.58. The molecule has 2 amide bonds. The minimum Gasteiger partial charge on any atom is -0.364 e. The molecule has 3 saturated heterocycles. The van der Waals surface area contributed by atoms with Crippen LogP contribution in [0.5, 0.6) is 0 Å². The van der Waals surface area contributed by atoms with Crippen molar-refractivity contribution in [2.24, 2.45) is 17.6 Å². The predicted molar refractivity (Wildman–Crippen MR) is 112 cm³/mol. The topological polar surface area (TPSA) is 119 Å². The number of aromatic nitrogens is 1. The van der Waals surface area contributed by atoms with Crippen molar-refractivity contribution in [2.45, 2.75) is 31.3 Å². The summed E-state index contributed by atoms with van der Waals surface area (Å²) in [6, 6.07) is 0. The van der Waals surface area contributed by atoms with E-state index in [0.717, 1.165) is 19.0 Å². The van der Waals surface area contributed by atoms with Gasteiger partial charge in [-0.25, -0.2) is 19.2 Å². The molecular weight excluding hydrogens is 422 g/mol. The molecule has 1 aromatic rings. The van der Waals surface area contributed by atoms with Crippen molar-refractivity contribution in [3.8, 4) is 0 Å². The number of nitrogens with zero attached hydrogens (tertiary/aromatic N) is 4. The monoisotopic (exact) mass is 450 g/mol. The largest absolute Gasteiger partial charge is 0.364 e. The van der Waals surface area contributed by atoms with Gasteiger partial charge < -0.3 is 20.9 Å². The summed E-state index contributed by atoms with van der Waals surface area (Å²) in [7, 11) is 0. The molecule has 1 aliphatic carbocycles. The van der Waals surface area contributed by atoms with E-state index in [-0.39, 0.29) is 36.3 Å². The SMILES string of the molecule is NC1NN2CC(F)CNC2C1C(=O)Nc1cncc(F)c1N1CCN(C(=O)C2CC2)CC1. The zero-order valence-corrected chi connectivity index (χ0v) is 17.6. The van der Waals surface area contributed by atoms with E-state index in [1.165, 1.54) is 6.20 Å². The Morgan fingerprint density at radius 1 is 1.19 bits per heavy atom. The number of halogens is 2. The third-order valence-electron chi connectivity index (χ3n) is 6.59. The number of amides is 2. The highest BCUT2D eigenvalue weighted by Gasteiger charge is 2.47. The molecule has 4 fully saturated rings. The molecular formula is C20H28F2N8O2. The molecule has 0 aromatic carbocycles. The van der Waals surface area contributed by atoms with Crippen LogP contribution < -0.4 is 26.7 Å². The van der Waals surface area contributed by atoms with E-state index in [9.17, 15) is 18.4 Å². The van der Waals surface area contributed by atoms with Crippen LogP contribution >= 0.6 is 0 Å². The molecule has 1 saturated carbocycles. The van der Waals surface area contributed by atoms with Crippen molar-refractivity contribution in [2.75, 3.05) is 49.5 Å². The molecule has 0 spiro atoms. The number of hydrogen-bond acceptors (Lipinski definition) is 8. The Morgan fingerprint density at radius 3 is 2.66 bits per heavy atom. The molecule has 0 radical (unpaired) electrons. The number of anilines is 2. The summed E-state index contributed by atoms with van der Waals surface area (Å²) in [6.45, 7) is 2.20. The first-order chi connectivity index (χ1) is 15.4. The van der Waals surface area contributed by atoms with Gasteiger partial charge in [-0.15, -0.1) is 0 Å². The fourth-order valence-electron chi connectivity index (χ4n) is 4.77. The number of rotatable bonds is 4. The lowest BCUT2D eigenvalue weighted by atomic mass is 10.0. The number of alkyl halides is 1. The molecule has 4 heterocycles. The summed E-state index contributed by atoms with van der Waals surface area (Å²) >= 11 is 0. The van der Waals surface area contributed by atoms with Crippen molar-refractivity contribution in [1.29, 1.82) is 0 Å². The van der Waals surface area contributed by atoms with Gasteiger partial charge in [0.25, 0.3) is 0 Å². The third-order valence-corrected chi connectivity index (χ3v) is 6.59. The number of fused-ring (bicyclic) bond motifs is 1. The molecule has 4 aliphatic rings. The van der Waals surface area contributed by atoms with Crippen LogP contribution in [0, 0.1) is 17.7 Å². The van der Waals surface area contributed by atoms with Crippen LogP contribution in [0.15, 0.2) is 12.4 Å². The minimum atomic E-state index is -1.06. The first kappa shape index (κ1) is 21.4. The lowest BCUT2D eigenvalue weighted by Gasteiger charge is -2.37. The number of hydrazine groups is 1. The standard InChI is InChI=1S/C20H28F2N8O2/c21-12-7-25-18-15(17(23)27-30(18)10-12)19(31)26-14-9-24-8-13(22)16(14)28-3-5-29(6-4-28)20(32)11-1-2-11/h8-9,11-12,15,17-18,25,27H,1-7,10,23H2,(H,26,31). The van der Waals surface area contributed by atoms with Crippen molar-refractivity contribution >= 4 is 23.2 Å². The van der Waals surface area contributed by atoms with Gasteiger partial charge in [0.05, 0.1) is 36.3 Å². The second-order valence-electron chi connectivity index (χ2n) is 8.88. The first-order valence-electron chi connectivity index (χ1n) is 11.1. The number of piperazine rings is 1. The molecule has 174 valence electrons. The zero-order chi connectivity index (χ0) is 22.4. The Kier molecular flexibility index (Phi) is 5.70. The molecule has 1 aromatic heterocycles.